The molecule has 0 radical (unpaired) electrons. The lowest BCUT2D eigenvalue weighted by Gasteiger charge is -2.12. The summed E-state index contributed by atoms with van der Waals surface area (Å²) < 4.78 is 5.38. The SMILES string of the molecule is O=C(OCCCCCCc1c2ccccc2nc2ccccc12)c1cc([N+](=O)[O-])cc([N+](=O)[O-])c1N1CC1. The van der Waals surface area contributed by atoms with Crippen LogP contribution < -0.4 is 4.90 Å². The van der Waals surface area contributed by atoms with Crippen molar-refractivity contribution in [2.24, 2.45) is 0 Å². The van der Waals surface area contributed by atoms with Crippen LogP contribution in [0.2, 0.25) is 0 Å². The van der Waals surface area contributed by atoms with Crippen LogP contribution in [0.4, 0.5) is 17.1 Å². The number of pyridine rings is 1. The molecule has 2 heterocycles. The predicted octanol–water partition coefficient (Wildman–Crippen LogP) is 5.98. The van der Waals surface area contributed by atoms with Gasteiger partial charge in [0.05, 0.1) is 39.1 Å². The first-order valence-corrected chi connectivity index (χ1v) is 12.6. The van der Waals surface area contributed by atoms with Gasteiger partial charge in [0.15, 0.2) is 0 Å². The molecule has 0 spiro atoms. The molecule has 0 aliphatic carbocycles. The number of non-ortho nitro benzene ring substituents is 1. The molecule has 10 heteroatoms. The average molecular weight is 515 g/mol. The molecule has 1 aliphatic rings. The van der Waals surface area contributed by atoms with E-state index >= 15 is 0 Å². The van der Waals surface area contributed by atoms with E-state index in [0.717, 1.165) is 59.6 Å². The number of aromatic nitrogens is 1. The molecule has 1 aliphatic heterocycles. The number of nitro groups is 2. The number of hydrogen-bond donors (Lipinski definition) is 0. The van der Waals surface area contributed by atoms with E-state index in [4.69, 9.17) is 9.72 Å². The number of hydrogen-bond acceptors (Lipinski definition) is 8. The summed E-state index contributed by atoms with van der Waals surface area (Å²) >= 11 is 0. The van der Waals surface area contributed by atoms with Gasteiger partial charge in [-0.3, -0.25) is 20.2 Å². The fourth-order valence-corrected chi connectivity index (χ4v) is 4.81. The quantitative estimate of drug-likeness (QED) is 0.0596. The number of carbonyl (C=O) groups is 1. The summed E-state index contributed by atoms with van der Waals surface area (Å²) in [5, 5.41) is 25.1. The van der Waals surface area contributed by atoms with Gasteiger partial charge >= 0.3 is 5.97 Å². The van der Waals surface area contributed by atoms with Crippen molar-refractivity contribution >= 4 is 44.8 Å². The number of rotatable bonds is 11. The summed E-state index contributed by atoms with van der Waals surface area (Å²) in [4.78, 5) is 40.5. The van der Waals surface area contributed by atoms with Gasteiger partial charge in [0.25, 0.3) is 11.4 Å². The second-order valence-electron chi connectivity index (χ2n) is 9.29. The Bertz CT molecular complexity index is 1500. The van der Waals surface area contributed by atoms with E-state index in [2.05, 4.69) is 12.1 Å². The largest absolute Gasteiger partial charge is 0.462 e. The van der Waals surface area contributed by atoms with Crippen LogP contribution in [0.1, 0.15) is 41.6 Å². The minimum atomic E-state index is -0.784. The van der Waals surface area contributed by atoms with Crippen LogP contribution in [0, 0.1) is 20.2 Å². The second kappa shape index (κ2) is 10.8. The third-order valence-electron chi connectivity index (χ3n) is 6.72. The zero-order valence-corrected chi connectivity index (χ0v) is 20.7. The summed E-state index contributed by atoms with van der Waals surface area (Å²) in [7, 11) is 0. The van der Waals surface area contributed by atoms with Crippen LogP contribution in [0.5, 0.6) is 0 Å². The van der Waals surface area contributed by atoms with Crippen LogP contribution in [-0.4, -0.2) is 40.5 Å². The Balaban J connectivity index is 1.18. The minimum absolute atomic E-state index is 0.0856. The lowest BCUT2D eigenvalue weighted by molar-refractivity contribution is -0.393. The van der Waals surface area contributed by atoms with Gasteiger partial charge < -0.3 is 9.64 Å². The van der Waals surface area contributed by atoms with Crippen molar-refractivity contribution in [1.29, 1.82) is 0 Å². The van der Waals surface area contributed by atoms with Gasteiger partial charge in [-0.05, 0) is 37.0 Å². The summed E-state index contributed by atoms with van der Waals surface area (Å²) in [5.41, 5.74) is 2.23. The van der Waals surface area contributed by atoms with Gasteiger partial charge in [-0.15, -0.1) is 0 Å². The maximum Gasteiger partial charge on any atom is 0.340 e. The number of anilines is 1. The molecule has 3 aromatic carbocycles. The Kier molecular flexibility index (Phi) is 7.12. The van der Waals surface area contributed by atoms with E-state index in [0.29, 0.717) is 19.5 Å². The highest BCUT2D eigenvalue weighted by Crippen LogP contribution is 2.39. The normalized spacial score (nSPS) is 12.6. The van der Waals surface area contributed by atoms with E-state index in [9.17, 15) is 25.0 Å². The predicted molar refractivity (Wildman–Crippen MR) is 144 cm³/mol. The number of benzene rings is 3. The molecule has 4 aromatic rings. The van der Waals surface area contributed by atoms with E-state index in [1.165, 1.54) is 5.56 Å². The van der Waals surface area contributed by atoms with Gasteiger partial charge in [-0.25, -0.2) is 9.78 Å². The fraction of sp³-hybridized carbons (Fsp3) is 0.286. The number of carbonyl (C=O) groups excluding carboxylic acids is 1. The summed E-state index contributed by atoms with van der Waals surface area (Å²) in [5.74, 6) is -0.784. The standard InChI is InChI=1S/C28H26N4O6/c33-28(23-17-19(31(34)35)18-26(32(36)37)27(23)30-14-15-30)38-16-8-2-1-3-9-20-21-10-4-6-12-24(21)29-25-13-7-5-11-22(20)25/h4-7,10-13,17-18H,1-3,8-9,14-16H2. The molecule has 0 atom stereocenters. The minimum Gasteiger partial charge on any atom is -0.462 e. The summed E-state index contributed by atoms with van der Waals surface area (Å²) in [6, 6.07) is 18.3. The van der Waals surface area contributed by atoms with Crippen molar-refractivity contribution in [2.45, 2.75) is 32.1 Å². The zero-order valence-electron chi connectivity index (χ0n) is 20.7. The van der Waals surface area contributed by atoms with Crippen molar-refractivity contribution in [2.75, 3.05) is 24.6 Å². The van der Waals surface area contributed by atoms with E-state index in [-0.39, 0.29) is 17.9 Å². The summed E-state index contributed by atoms with van der Waals surface area (Å²) in [6.45, 7) is 1.22. The number of unbranched alkanes of at least 4 members (excludes halogenated alkanes) is 3. The number of ether oxygens (including phenoxy) is 1. The maximum absolute atomic E-state index is 12.8. The van der Waals surface area contributed by atoms with Crippen LogP contribution in [-0.2, 0) is 11.2 Å². The Morgan fingerprint density at radius 3 is 2.11 bits per heavy atom. The Hall–Kier alpha value is -4.60. The number of aryl methyl sites for hydroxylation is 1. The Labute approximate surface area is 218 Å². The highest BCUT2D eigenvalue weighted by molar-refractivity contribution is 6.00. The molecule has 0 saturated carbocycles. The molecule has 0 N–H and O–H groups in total. The Morgan fingerprint density at radius 2 is 1.50 bits per heavy atom. The molecule has 10 nitrogen and oxygen atoms in total. The molecule has 1 aromatic heterocycles. The highest BCUT2D eigenvalue weighted by atomic mass is 16.6. The smallest absolute Gasteiger partial charge is 0.340 e. The third kappa shape index (κ3) is 5.24. The van der Waals surface area contributed by atoms with E-state index in [1.807, 2.05) is 36.4 Å². The first-order chi connectivity index (χ1) is 18.4. The molecule has 194 valence electrons. The van der Waals surface area contributed by atoms with Crippen molar-refractivity contribution in [1.82, 2.24) is 4.98 Å². The van der Waals surface area contributed by atoms with Crippen LogP contribution in [0.3, 0.4) is 0 Å². The highest BCUT2D eigenvalue weighted by Gasteiger charge is 2.35. The van der Waals surface area contributed by atoms with Crippen LogP contribution in [0.15, 0.2) is 60.7 Å². The van der Waals surface area contributed by atoms with Crippen molar-refractivity contribution in [3.63, 3.8) is 0 Å². The molecule has 5 rings (SSSR count). The van der Waals surface area contributed by atoms with Crippen molar-refractivity contribution in [3.05, 3.63) is 92.0 Å². The maximum atomic E-state index is 12.8. The molecule has 1 saturated heterocycles. The molecule has 0 amide bonds. The zero-order chi connectivity index (χ0) is 26.6. The topological polar surface area (TPSA) is 128 Å². The molecular weight excluding hydrogens is 488 g/mol. The molecule has 0 unspecified atom stereocenters. The molecule has 1 fully saturated rings. The fourth-order valence-electron chi connectivity index (χ4n) is 4.81. The monoisotopic (exact) mass is 514 g/mol. The number of nitrogens with zero attached hydrogens (tertiary/aromatic N) is 4. The average Bonchev–Trinajstić information content (AvgIpc) is 3.76. The number of para-hydroxylation sites is 2. The Morgan fingerprint density at radius 1 is 0.868 bits per heavy atom. The van der Waals surface area contributed by atoms with Gasteiger partial charge in [0.1, 0.15) is 5.69 Å². The second-order valence-corrected chi connectivity index (χ2v) is 9.29. The molecule has 38 heavy (non-hydrogen) atoms. The molecular formula is C28H26N4O6. The molecule has 0 bridgehead atoms. The number of esters is 1. The van der Waals surface area contributed by atoms with E-state index in [1.54, 1.807) is 4.90 Å². The van der Waals surface area contributed by atoms with Crippen molar-refractivity contribution < 1.29 is 19.4 Å². The first-order valence-electron chi connectivity index (χ1n) is 12.6. The third-order valence-corrected chi connectivity index (χ3v) is 6.72. The lowest BCUT2D eigenvalue weighted by Crippen LogP contribution is -2.12. The van der Waals surface area contributed by atoms with Gasteiger partial charge in [-0.2, -0.15) is 0 Å². The number of nitro benzene ring substituents is 2. The van der Waals surface area contributed by atoms with Gasteiger partial charge in [-0.1, -0.05) is 49.2 Å². The number of fused-ring (bicyclic) bond motifs is 2. The lowest BCUT2D eigenvalue weighted by atomic mass is 9.97. The van der Waals surface area contributed by atoms with Crippen molar-refractivity contribution in [3.8, 4) is 0 Å². The van der Waals surface area contributed by atoms with Gasteiger partial charge in [0.2, 0.25) is 0 Å². The van der Waals surface area contributed by atoms with Crippen LogP contribution in [0.25, 0.3) is 21.8 Å². The van der Waals surface area contributed by atoms with E-state index < -0.39 is 27.2 Å². The first kappa shape index (κ1) is 25.1. The summed E-state index contributed by atoms with van der Waals surface area (Å²) in [6.07, 6.45) is 4.26. The van der Waals surface area contributed by atoms with Gasteiger partial charge in [0, 0.05) is 29.9 Å². The van der Waals surface area contributed by atoms with Crippen LogP contribution >= 0.6 is 0 Å².